The lowest BCUT2D eigenvalue weighted by atomic mass is 9.92. The van der Waals surface area contributed by atoms with Crippen LogP contribution in [0.2, 0.25) is 0 Å². The Hall–Kier alpha value is -3.15. The molecule has 0 saturated carbocycles. The van der Waals surface area contributed by atoms with Gasteiger partial charge >= 0.3 is 5.97 Å². The normalized spacial score (nSPS) is 19.1. The topological polar surface area (TPSA) is 64.4 Å². The molecule has 6 nitrogen and oxygen atoms in total. The van der Waals surface area contributed by atoms with Crippen molar-refractivity contribution in [2.45, 2.75) is 27.2 Å². The monoisotopic (exact) mass is 405 g/mol. The van der Waals surface area contributed by atoms with Gasteiger partial charge in [0.15, 0.2) is 6.61 Å². The number of para-hydroxylation sites is 1. The quantitative estimate of drug-likeness (QED) is 0.616. The van der Waals surface area contributed by atoms with Gasteiger partial charge in [0.1, 0.15) is 5.82 Å². The van der Waals surface area contributed by atoms with Gasteiger partial charge in [-0.15, -0.1) is 0 Å². The molecule has 0 radical (unpaired) electrons. The Labute approximate surface area is 176 Å². The zero-order chi connectivity index (χ0) is 21.3. The van der Waals surface area contributed by atoms with Crippen molar-refractivity contribution >= 4 is 22.9 Å². The van der Waals surface area contributed by atoms with Crippen LogP contribution in [0.3, 0.4) is 0 Å². The van der Waals surface area contributed by atoms with Crippen LogP contribution in [0.15, 0.2) is 48.5 Å². The molecule has 156 valence electrons. The minimum absolute atomic E-state index is 0.132. The zero-order valence-corrected chi connectivity index (χ0v) is 17.7. The fraction of sp³-hybridized carbons (Fsp3) is 0.375. The Morgan fingerprint density at radius 1 is 1.07 bits per heavy atom. The number of rotatable bonds is 4. The molecule has 1 fully saturated rings. The summed E-state index contributed by atoms with van der Waals surface area (Å²) in [6.07, 6.45) is 1.12. The molecule has 3 aromatic rings. The summed E-state index contributed by atoms with van der Waals surface area (Å²) in [5, 5.41) is 0. The molecule has 1 aromatic heterocycles. The maximum absolute atomic E-state index is 12.5. The van der Waals surface area contributed by atoms with E-state index in [9.17, 15) is 9.59 Å². The lowest BCUT2D eigenvalue weighted by molar-refractivity contribution is -0.137. The second-order valence-corrected chi connectivity index (χ2v) is 8.35. The molecule has 1 aliphatic heterocycles. The number of benzene rings is 2. The van der Waals surface area contributed by atoms with Crippen molar-refractivity contribution in [1.29, 1.82) is 0 Å². The van der Waals surface area contributed by atoms with Crippen LogP contribution in [-0.2, 0) is 9.53 Å². The van der Waals surface area contributed by atoms with Crippen molar-refractivity contribution in [3.8, 4) is 5.69 Å². The summed E-state index contributed by atoms with van der Waals surface area (Å²) in [4.78, 5) is 31.4. The SMILES string of the molecule is Cc1nc2cc(C(=O)OCC(=O)N3C[C@H](C)C[C@H](C)C3)ccc2n1-c1ccccc1. The number of piperidine rings is 1. The van der Waals surface area contributed by atoms with Gasteiger partial charge in [-0.2, -0.15) is 0 Å². The molecule has 0 aliphatic carbocycles. The summed E-state index contributed by atoms with van der Waals surface area (Å²) < 4.78 is 7.37. The maximum Gasteiger partial charge on any atom is 0.338 e. The summed E-state index contributed by atoms with van der Waals surface area (Å²) in [5.74, 6) is 1.14. The number of likely N-dealkylation sites (tertiary alicyclic amines) is 1. The average Bonchev–Trinajstić information content (AvgIpc) is 3.06. The van der Waals surface area contributed by atoms with E-state index in [1.807, 2.05) is 47.9 Å². The second kappa shape index (κ2) is 8.30. The first-order valence-corrected chi connectivity index (χ1v) is 10.4. The standard InChI is InChI=1S/C24H27N3O3/c1-16-11-17(2)14-26(13-16)23(28)15-30-24(29)19-9-10-22-21(12-19)25-18(3)27(22)20-7-5-4-6-8-20/h4-10,12,16-17H,11,13-15H2,1-3H3/t16-,17+. The van der Waals surface area contributed by atoms with Crippen LogP contribution in [0.25, 0.3) is 16.7 Å². The highest BCUT2D eigenvalue weighted by molar-refractivity contribution is 5.95. The highest BCUT2D eigenvalue weighted by atomic mass is 16.5. The number of aryl methyl sites for hydroxylation is 1. The Kier molecular flexibility index (Phi) is 5.57. The van der Waals surface area contributed by atoms with E-state index in [1.165, 1.54) is 0 Å². The summed E-state index contributed by atoms with van der Waals surface area (Å²) in [6.45, 7) is 7.45. The molecule has 2 atom stereocenters. The molecule has 30 heavy (non-hydrogen) atoms. The van der Waals surface area contributed by atoms with Crippen LogP contribution in [0.5, 0.6) is 0 Å². The molecular weight excluding hydrogens is 378 g/mol. The molecule has 1 aliphatic rings. The predicted molar refractivity (Wildman–Crippen MR) is 116 cm³/mol. The Balaban J connectivity index is 1.47. The van der Waals surface area contributed by atoms with Gasteiger partial charge in [0.05, 0.1) is 16.6 Å². The minimum Gasteiger partial charge on any atom is -0.452 e. The average molecular weight is 405 g/mol. The number of fused-ring (bicyclic) bond motifs is 1. The van der Waals surface area contributed by atoms with Crippen molar-refractivity contribution < 1.29 is 14.3 Å². The van der Waals surface area contributed by atoms with Crippen molar-refractivity contribution in [2.24, 2.45) is 11.8 Å². The van der Waals surface area contributed by atoms with E-state index in [4.69, 9.17) is 4.74 Å². The number of carbonyl (C=O) groups excluding carboxylic acids is 2. The van der Waals surface area contributed by atoms with Crippen LogP contribution in [-0.4, -0.2) is 46.0 Å². The van der Waals surface area contributed by atoms with Gasteiger partial charge in [-0.25, -0.2) is 9.78 Å². The summed E-state index contributed by atoms with van der Waals surface area (Å²) in [5.41, 5.74) is 3.05. The molecule has 6 heteroatoms. The lowest BCUT2D eigenvalue weighted by Gasteiger charge is -2.34. The van der Waals surface area contributed by atoms with Crippen molar-refractivity contribution in [3.63, 3.8) is 0 Å². The number of aromatic nitrogens is 2. The van der Waals surface area contributed by atoms with Crippen LogP contribution < -0.4 is 0 Å². The van der Waals surface area contributed by atoms with E-state index in [2.05, 4.69) is 18.8 Å². The number of ether oxygens (including phenoxy) is 1. The van der Waals surface area contributed by atoms with E-state index in [-0.39, 0.29) is 12.5 Å². The van der Waals surface area contributed by atoms with Gasteiger partial charge in [-0.1, -0.05) is 32.0 Å². The highest BCUT2D eigenvalue weighted by Crippen LogP contribution is 2.23. The number of imidazole rings is 1. The molecular formula is C24H27N3O3. The van der Waals surface area contributed by atoms with Crippen molar-refractivity contribution in [1.82, 2.24) is 14.5 Å². The zero-order valence-electron chi connectivity index (χ0n) is 17.7. The predicted octanol–water partition coefficient (Wildman–Crippen LogP) is 4.00. The molecule has 0 unspecified atom stereocenters. The number of hydrogen-bond donors (Lipinski definition) is 0. The number of carbonyl (C=O) groups is 2. The third-order valence-corrected chi connectivity index (χ3v) is 5.62. The molecule has 1 saturated heterocycles. The molecule has 0 bridgehead atoms. The van der Waals surface area contributed by atoms with Gasteiger partial charge in [-0.3, -0.25) is 9.36 Å². The van der Waals surface area contributed by atoms with Gasteiger partial charge in [0.2, 0.25) is 0 Å². The van der Waals surface area contributed by atoms with E-state index in [0.29, 0.717) is 17.4 Å². The molecule has 4 rings (SSSR count). The van der Waals surface area contributed by atoms with E-state index >= 15 is 0 Å². The largest absolute Gasteiger partial charge is 0.452 e. The number of esters is 1. The summed E-state index contributed by atoms with van der Waals surface area (Å²) in [7, 11) is 0. The fourth-order valence-electron chi connectivity index (χ4n) is 4.40. The van der Waals surface area contributed by atoms with Gasteiger partial charge in [0.25, 0.3) is 5.91 Å². The van der Waals surface area contributed by atoms with Crippen molar-refractivity contribution in [2.75, 3.05) is 19.7 Å². The maximum atomic E-state index is 12.5. The first kappa shape index (κ1) is 20.1. The van der Waals surface area contributed by atoms with Crippen LogP contribution in [0, 0.1) is 18.8 Å². The minimum atomic E-state index is -0.504. The molecule has 2 heterocycles. The van der Waals surface area contributed by atoms with Gasteiger partial charge < -0.3 is 9.64 Å². The molecule has 0 spiro atoms. The fourth-order valence-corrected chi connectivity index (χ4v) is 4.40. The Bertz CT molecular complexity index is 1060. The third kappa shape index (κ3) is 4.08. The highest BCUT2D eigenvalue weighted by Gasteiger charge is 2.26. The van der Waals surface area contributed by atoms with Gasteiger partial charge in [-0.05, 0) is 55.5 Å². The van der Waals surface area contributed by atoms with Crippen LogP contribution >= 0.6 is 0 Å². The number of amides is 1. The second-order valence-electron chi connectivity index (χ2n) is 8.35. The van der Waals surface area contributed by atoms with Crippen LogP contribution in [0.4, 0.5) is 0 Å². The van der Waals surface area contributed by atoms with Crippen LogP contribution in [0.1, 0.15) is 36.5 Å². The van der Waals surface area contributed by atoms with Gasteiger partial charge in [0, 0.05) is 18.8 Å². The van der Waals surface area contributed by atoms with E-state index in [0.717, 1.165) is 42.1 Å². The van der Waals surface area contributed by atoms with E-state index < -0.39 is 5.97 Å². The molecule has 0 N–H and O–H groups in total. The summed E-state index contributed by atoms with van der Waals surface area (Å²) in [6, 6.07) is 15.3. The first-order valence-electron chi connectivity index (χ1n) is 10.4. The van der Waals surface area contributed by atoms with Crippen molar-refractivity contribution in [3.05, 3.63) is 59.9 Å². The smallest absolute Gasteiger partial charge is 0.338 e. The summed E-state index contributed by atoms with van der Waals surface area (Å²) >= 11 is 0. The number of nitrogens with zero attached hydrogens (tertiary/aromatic N) is 3. The Morgan fingerprint density at radius 3 is 2.47 bits per heavy atom. The molecule has 2 aromatic carbocycles. The third-order valence-electron chi connectivity index (χ3n) is 5.62. The molecule has 1 amide bonds. The first-order chi connectivity index (χ1) is 14.4. The lowest BCUT2D eigenvalue weighted by Crippen LogP contribution is -2.44. The van der Waals surface area contributed by atoms with E-state index in [1.54, 1.807) is 17.0 Å². The Morgan fingerprint density at radius 2 is 1.77 bits per heavy atom. The number of hydrogen-bond acceptors (Lipinski definition) is 4.